The number of fused-ring (bicyclic) bond motifs is 1. The molecule has 0 amide bonds. The zero-order chi connectivity index (χ0) is 14.3. The third-order valence-electron chi connectivity index (χ3n) is 4.23. The molecule has 0 saturated carbocycles. The highest BCUT2D eigenvalue weighted by molar-refractivity contribution is 5.80. The lowest BCUT2D eigenvalue weighted by Gasteiger charge is -2.29. The van der Waals surface area contributed by atoms with Crippen molar-refractivity contribution in [2.24, 2.45) is 0 Å². The summed E-state index contributed by atoms with van der Waals surface area (Å²) >= 11 is 0. The van der Waals surface area contributed by atoms with E-state index in [0.717, 1.165) is 31.5 Å². The normalized spacial score (nSPS) is 17.7. The van der Waals surface area contributed by atoms with E-state index in [0.29, 0.717) is 10.9 Å². The molecule has 0 aliphatic carbocycles. The van der Waals surface area contributed by atoms with Crippen molar-refractivity contribution in [2.75, 3.05) is 20.1 Å². The zero-order valence-corrected chi connectivity index (χ0v) is 11.8. The van der Waals surface area contributed by atoms with Gasteiger partial charge in [-0.3, -0.25) is 9.36 Å². The molecule has 1 aromatic carbocycles. The van der Waals surface area contributed by atoms with E-state index in [2.05, 4.69) is 16.9 Å². The summed E-state index contributed by atoms with van der Waals surface area (Å²) in [5, 5.41) is 0.600. The van der Waals surface area contributed by atoms with Crippen molar-refractivity contribution in [3.05, 3.63) is 44.6 Å². The van der Waals surface area contributed by atoms with Gasteiger partial charge < -0.3 is 9.88 Å². The number of para-hydroxylation sites is 1. The molecule has 20 heavy (non-hydrogen) atoms. The van der Waals surface area contributed by atoms with Gasteiger partial charge in [0.2, 0.25) is 0 Å². The highest BCUT2D eigenvalue weighted by Gasteiger charge is 2.22. The van der Waals surface area contributed by atoms with Crippen LogP contribution in [0.1, 0.15) is 24.4 Å². The van der Waals surface area contributed by atoms with Gasteiger partial charge in [-0.05, 0) is 51.5 Å². The Kier molecular flexibility index (Phi) is 3.22. The molecule has 0 spiro atoms. The minimum atomic E-state index is -0.286. The SMILES string of the molecule is Cc1cccc2c(=O)n(C3CCN(C)CC3)c(=O)[nH]c12. The Morgan fingerprint density at radius 1 is 1.20 bits per heavy atom. The van der Waals surface area contributed by atoms with Crippen molar-refractivity contribution in [3.8, 4) is 0 Å². The Hall–Kier alpha value is -1.88. The molecule has 2 heterocycles. The Morgan fingerprint density at radius 2 is 1.90 bits per heavy atom. The summed E-state index contributed by atoms with van der Waals surface area (Å²) in [5.41, 5.74) is 1.13. The first-order valence-electron chi connectivity index (χ1n) is 7.00. The number of benzene rings is 1. The largest absolute Gasteiger partial charge is 0.329 e. The molecule has 1 aromatic heterocycles. The van der Waals surface area contributed by atoms with Gasteiger partial charge in [-0.1, -0.05) is 12.1 Å². The van der Waals surface area contributed by atoms with Crippen LogP contribution in [0, 0.1) is 6.92 Å². The van der Waals surface area contributed by atoms with Gasteiger partial charge >= 0.3 is 5.69 Å². The lowest BCUT2D eigenvalue weighted by molar-refractivity contribution is 0.216. The fourth-order valence-corrected chi connectivity index (χ4v) is 2.99. The number of nitrogens with one attached hydrogen (secondary N) is 1. The molecule has 1 N–H and O–H groups in total. The van der Waals surface area contributed by atoms with Crippen LogP contribution in [0.2, 0.25) is 0 Å². The number of likely N-dealkylation sites (tertiary alicyclic amines) is 1. The van der Waals surface area contributed by atoms with E-state index in [-0.39, 0.29) is 17.3 Å². The molecule has 1 fully saturated rings. The van der Waals surface area contributed by atoms with Crippen LogP contribution in [0.4, 0.5) is 0 Å². The number of hydrogen-bond donors (Lipinski definition) is 1. The molecule has 0 radical (unpaired) electrons. The van der Waals surface area contributed by atoms with Gasteiger partial charge in [0, 0.05) is 6.04 Å². The fraction of sp³-hybridized carbons (Fsp3) is 0.467. The molecule has 1 saturated heterocycles. The molecule has 1 aliphatic heterocycles. The van der Waals surface area contributed by atoms with Gasteiger partial charge in [0.15, 0.2) is 0 Å². The van der Waals surface area contributed by atoms with Crippen LogP contribution in [0.3, 0.4) is 0 Å². The van der Waals surface area contributed by atoms with Crippen LogP contribution in [-0.2, 0) is 0 Å². The number of H-pyrrole nitrogens is 1. The molecule has 2 aromatic rings. The summed E-state index contributed by atoms with van der Waals surface area (Å²) < 4.78 is 1.41. The van der Waals surface area contributed by atoms with Crippen molar-refractivity contribution in [1.29, 1.82) is 0 Å². The van der Waals surface area contributed by atoms with Crippen molar-refractivity contribution in [2.45, 2.75) is 25.8 Å². The van der Waals surface area contributed by atoms with Crippen LogP contribution in [0.15, 0.2) is 27.8 Å². The van der Waals surface area contributed by atoms with Crippen LogP contribution in [-0.4, -0.2) is 34.6 Å². The Labute approximate surface area is 116 Å². The van der Waals surface area contributed by atoms with Crippen LogP contribution in [0.25, 0.3) is 10.9 Å². The lowest BCUT2D eigenvalue weighted by Crippen LogP contribution is -2.42. The number of rotatable bonds is 1. The summed E-state index contributed by atoms with van der Waals surface area (Å²) in [6.45, 7) is 3.74. The number of nitrogens with zero attached hydrogens (tertiary/aromatic N) is 2. The number of aryl methyl sites for hydroxylation is 1. The zero-order valence-electron chi connectivity index (χ0n) is 11.8. The molecule has 0 unspecified atom stereocenters. The average Bonchev–Trinajstić information content (AvgIpc) is 2.42. The topological polar surface area (TPSA) is 58.1 Å². The maximum absolute atomic E-state index is 12.6. The van der Waals surface area contributed by atoms with Gasteiger partial charge in [0.1, 0.15) is 0 Å². The van der Waals surface area contributed by atoms with Crippen molar-refractivity contribution in [3.63, 3.8) is 0 Å². The second-order valence-corrected chi connectivity index (χ2v) is 5.64. The molecule has 5 heteroatoms. The van der Waals surface area contributed by atoms with Crippen LogP contribution in [0.5, 0.6) is 0 Å². The molecule has 1 aliphatic rings. The van der Waals surface area contributed by atoms with Gasteiger partial charge in [-0.15, -0.1) is 0 Å². The maximum atomic E-state index is 12.6. The van der Waals surface area contributed by atoms with E-state index in [4.69, 9.17) is 0 Å². The third-order valence-corrected chi connectivity index (χ3v) is 4.23. The second kappa shape index (κ2) is 4.90. The van der Waals surface area contributed by atoms with Crippen molar-refractivity contribution < 1.29 is 0 Å². The standard InChI is InChI=1S/C15H19N3O2/c1-10-4-3-5-12-13(10)16-15(20)18(14(12)19)11-6-8-17(2)9-7-11/h3-5,11H,6-9H2,1-2H3,(H,16,20). The van der Waals surface area contributed by atoms with Gasteiger partial charge in [-0.2, -0.15) is 0 Å². The molecular formula is C15H19N3O2. The van der Waals surface area contributed by atoms with E-state index in [1.807, 2.05) is 19.1 Å². The van der Waals surface area contributed by atoms with Crippen LogP contribution < -0.4 is 11.2 Å². The lowest BCUT2D eigenvalue weighted by atomic mass is 10.0. The van der Waals surface area contributed by atoms with E-state index in [1.165, 1.54) is 4.57 Å². The first kappa shape index (κ1) is 13.1. The Balaban J connectivity index is 2.17. The molecule has 3 rings (SSSR count). The first-order chi connectivity index (χ1) is 9.58. The number of piperidine rings is 1. The Bertz CT molecular complexity index is 752. The average molecular weight is 273 g/mol. The molecule has 5 nitrogen and oxygen atoms in total. The summed E-state index contributed by atoms with van der Waals surface area (Å²) in [6.07, 6.45) is 1.69. The van der Waals surface area contributed by atoms with E-state index in [9.17, 15) is 9.59 Å². The highest BCUT2D eigenvalue weighted by Crippen LogP contribution is 2.19. The number of aromatic nitrogens is 2. The quantitative estimate of drug-likeness (QED) is 0.851. The van der Waals surface area contributed by atoms with E-state index < -0.39 is 0 Å². The summed E-state index contributed by atoms with van der Waals surface area (Å²) in [7, 11) is 2.06. The highest BCUT2D eigenvalue weighted by atomic mass is 16.2. The molecule has 0 bridgehead atoms. The van der Waals surface area contributed by atoms with Gasteiger partial charge in [-0.25, -0.2) is 4.79 Å². The number of aromatic amines is 1. The summed E-state index contributed by atoms with van der Waals surface area (Å²) in [4.78, 5) is 30.0. The molecular weight excluding hydrogens is 254 g/mol. The fourth-order valence-electron chi connectivity index (χ4n) is 2.99. The van der Waals surface area contributed by atoms with Gasteiger partial charge in [0.05, 0.1) is 10.9 Å². The summed E-state index contributed by atoms with van der Waals surface area (Å²) in [6, 6.07) is 5.55. The minimum Gasteiger partial charge on any atom is -0.306 e. The Morgan fingerprint density at radius 3 is 2.60 bits per heavy atom. The molecule has 0 atom stereocenters. The third kappa shape index (κ3) is 2.08. The minimum absolute atomic E-state index is 0.00682. The monoisotopic (exact) mass is 273 g/mol. The first-order valence-corrected chi connectivity index (χ1v) is 7.00. The van der Waals surface area contributed by atoms with Crippen LogP contribution >= 0.6 is 0 Å². The predicted octanol–water partition coefficient (Wildman–Crippen LogP) is 1.26. The van der Waals surface area contributed by atoms with Gasteiger partial charge in [0.25, 0.3) is 5.56 Å². The van der Waals surface area contributed by atoms with E-state index >= 15 is 0 Å². The number of hydrogen-bond acceptors (Lipinski definition) is 3. The van der Waals surface area contributed by atoms with Crippen molar-refractivity contribution >= 4 is 10.9 Å². The molecule has 106 valence electrons. The summed E-state index contributed by atoms with van der Waals surface area (Å²) in [5.74, 6) is 0. The second-order valence-electron chi connectivity index (χ2n) is 5.64. The van der Waals surface area contributed by atoms with Crippen molar-refractivity contribution in [1.82, 2.24) is 14.5 Å². The maximum Gasteiger partial charge on any atom is 0.329 e. The predicted molar refractivity (Wildman–Crippen MR) is 79.3 cm³/mol. The smallest absolute Gasteiger partial charge is 0.306 e. The van der Waals surface area contributed by atoms with E-state index in [1.54, 1.807) is 6.07 Å².